The van der Waals surface area contributed by atoms with Gasteiger partial charge >= 0.3 is 5.97 Å². The maximum atomic E-state index is 12.4. The molecule has 2 aromatic carbocycles. The highest BCUT2D eigenvalue weighted by molar-refractivity contribution is 7.91. The average molecular weight is 388 g/mol. The highest BCUT2D eigenvalue weighted by atomic mass is 35.5. The van der Waals surface area contributed by atoms with Crippen molar-refractivity contribution in [2.24, 2.45) is 0 Å². The molecule has 0 radical (unpaired) electrons. The Morgan fingerprint density at radius 2 is 1.71 bits per heavy atom. The Morgan fingerprint density at radius 3 is 2.33 bits per heavy atom. The molecule has 0 saturated heterocycles. The molecule has 0 unspecified atom stereocenters. The molecule has 0 fully saturated rings. The fourth-order valence-electron chi connectivity index (χ4n) is 2.02. The van der Waals surface area contributed by atoms with E-state index in [1.54, 1.807) is 37.3 Å². The number of carbonyl (C=O) groups excluding carboxylic acids is 1. The summed E-state index contributed by atoms with van der Waals surface area (Å²) < 4.78 is 32.2. The molecule has 1 N–H and O–H groups in total. The van der Waals surface area contributed by atoms with Crippen LogP contribution in [0.25, 0.3) is 0 Å². The normalized spacial score (nSPS) is 11.1. The zero-order chi connectivity index (χ0) is 17.7. The molecule has 128 valence electrons. The van der Waals surface area contributed by atoms with E-state index in [1.807, 2.05) is 0 Å². The second-order valence-electron chi connectivity index (χ2n) is 4.83. The predicted molar refractivity (Wildman–Crippen MR) is 95.1 cm³/mol. The van der Waals surface area contributed by atoms with Crippen LogP contribution in [-0.4, -0.2) is 21.0 Å². The van der Waals surface area contributed by atoms with Crippen LogP contribution in [0.5, 0.6) is 0 Å². The van der Waals surface area contributed by atoms with Gasteiger partial charge < -0.3 is 4.74 Å². The van der Waals surface area contributed by atoms with Gasteiger partial charge in [-0.2, -0.15) is 0 Å². The number of rotatable bonds is 6. The van der Waals surface area contributed by atoms with Crippen LogP contribution in [-0.2, 0) is 20.5 Å². The zero-order valence-corrected chi connectivity index (χ0v) is 15.1. The number of para-hydroxylation sites is 1. The quantitative estimate of drug-likeness (QED) is 0.756. The van der Waals surface area contributed by atoms with Gasteiger partial charge in [0.2, 0.25) is 10.0 Å². The SMILES string of the molecule is CCOC(=O)c1ccccc1NS(=O)(=O)Cc1c(Cl)cccc1Cl. The topological polar surface area (TPSA) is 72.5 Å². The average Bonchev–Trinajstić information content (AvgIpc) is 2.51. The van der Waals surface area contributed by atoms with E-state index in [4.69, 9.17) is 27.9 Å². The van der Waals surface area contributed by atoms with Crippen LogP contribution in [0.1, 0.15) is 22.8 Å². The lowest BCUT2D eigenvalue weighted by atomic mass is 10.2. The maximum absolute atomic E-state index is 12.4. The number of anilines is 1. The van der Waals surface area contributed by atoms with Crippen molar-refractivity contribution < 1.29 is 17.9 Å². The van der Waals surface area contributed by atoms with Crippen molar-refractivity contribution in [2.45, 2.75) is 12.7 Å². The molecule has 0 aliphatic heterocycles. The van der Waals surface area contributed by atoms with Crippen LogP contribution in [0.2, 0.25) is 10.0 Å². The lowest BCUT2D eigenvalue weighted by molar-refractivity contribution is 0.0527. The van der Waals surface area contributed by atoms with Gasteiger partial charge in [-0.25, -0.2) is 13.2 Å². The van der Waals surface area contributed by atoms with E-state index < -0.39 is 21.7 Å². The van der Waals surface area contributed by atoms with Crippen molar-refractivity contribution in [3.63, 3.8) is 0 Å². The zero-order valence-electron chi connectivity index (χ0n) is 12.8. The second-order valence-corrected chi connectivity index (χ2v) is 7.36. The fourth-order valence-corrected chi connectivity index (χ4v) is 3.99. The number of carbonyl (C=O) groups is 1. The minimum atomic E-state index is -3.83. The Balaban J connectivity index is 2.29. The first-order valence-corrected chi connectivity index (χ1v) is 9.44. The molecule has 2 rings (SSSR count). The molecular formula is C16H15Cl2NO4S. The van der Waals surface area contributed by atoms with Crippen LogP contribution in [0.15, 0.2) is 42.5 Å². The van der Waals surface area contributed by atoms with Crippen LogP contribution in [0.4, 0.5) is 5.69 Å². The van der Waals surface area contributed by atoms with E-state index in [1.165, 1.54) is 12.1 Å². The van der Waals surface area contributed by atoms with Gasteiger partial charge in [0.1, 0.15) is 0 Å². The van der Waals surface area contributed by atoms with E-state index >= 15 is 0 Å². The molecule has 2 aromatic rings. The smallest absolute Gasteiger partial charge is 0.340 e. The summed E-state index contributed by atoms with van der Waals surface area (Å²) in [6.45, 7) is 1.86. The molecule has 0 bridgehead atoms. The highest BCUT2D eigenvalue weighted by Crippen LogP contribution is 2.27. The Hall–Kier alpha value is -1.76. The maximum Gasteiger partial charge on any atom is 0.340 e. The van der Waals surface area contributed by atoms with Gasteiger partial charge in [-0.3, -0.25) is 4.72 Å². The molecule has 0 saturated carbocycles. The minimum Gasteiger partial charge on any atom is -0.462 e. The molecule has 8 heteroatoms. The lowest BCUT2D eigenvalue weighted by Gasteiger charge is -2.13. The first kappa shape index (κ1) is 18.6. The molecule has 5 nitrogen and oxygen atoms in total. The first-order chi connectivity index (χ1) is 11.3. The van der Waals surface area contributed by atoms with Gasteiger partial charge in [0.15, 0.2) is 0 Å². The molecule has 0 heterocycles. The third-order valence-electron chi connectivity index (χ3n) is 3.08. The molecule has 0 amide bonds. The number of nitrogens with one attached hydrogen (secondary N) is 1. The molecule has 0 aliphatic carbocycles. The van der Waals surface area contributed by atoms with Crippen molar-refractivity contribution in [1.82, 2.24) is 0 Å². The molecule has 0 aromatic heterocycles. The summed E-state index contributed by atoms with van der Waals surface area (Å²) in [5.41, 5.74) is 0.564. The van der Waals surface area contributed by atoms with E-state index in [0.29, 0.717) is 5.56 Å². The van der Waals surface area contributed by atoms with Crippen molar-refractivity contribution >= 4 is 44.9 Å². The number of ether oxygens (including phenoxy) is 1. The Kier molecular flexibility index (Phi) is 6.10. The first-order valence-electron chi connectivity index (χ1n) is 7.03. The summed E-state index contributed by atoms with van der Waals surface area (Å²) in [6.07, 6.45) is 0. The number of hydrogen-bond donors (Lipinski definition) is 1. The van der Waals surface area contributed by atoms with Gasteiger partial charge in [-0.15, -0.1) is 0 Å². The summed E-state index contributed by atoms with van der Waals surface area (Å²) in [6, 6.07) is 11.0. The molecule has 24 heavy (non-hydrogen) atoms. The predicted octanol–water partition coefficient (Wildman–Crippen LogP) is 4.11. The Morgan fingerprint density at radius 1 is 1.08 bits per heavy atom. The third-order valence-corrected chi connectivity index (χ3v) is 4.99. The lowest BCUT2D eigenvalue weighted by Crippen LogP contribution is -2.18. The van der Waals surface area contributed by atoms with E-state index in [0.717, 1.165) is 0 Å². The van der Waals surface area contributed by atoms with Gasteiger partial charge in [0, 0.05) is 15.6 Å². The van der Waals surface area contributed by atoms with Crippen LogP contribution in [0, 0.1) is 0 Å². The van der Waals surface area contributed by atoms with Gasteiger partial charge in [0.05, 0.1) is 23.6 Å². The van der Waals surface area contributed by atoms with Crippen molar-refractivity contribution in [1.29, 1.82) is 0 Å². The minimum absolute atomic E-state index is 0.133. The van der Waals surface area contributed by atoms with Gasteiger partial charge in [-0.05, 0) is 31.2 Å². The van der Waals surface area contributed by atoms with Crippen LogP contribution < -0.4 is 4.72 Å². The molecular weight excluding hydrogens is 373 g/mol. The summed E-state index contributed by atoms with van der Waals surface area (Å²) in [5, 5.41) is 0.512. The number of sulfonamides is 1. The largest absolute Gasteiger partial charge is 0.462 e. The number of esters is 1. The highest BCUT2D eigenvalue weighted by Gasteiger charge is 2.20. The third kappa shape index (κ3) is 4.63. The van der Waals surface area contributed by atoms with Gasteiger partial charge in [-0.1, -0.05) is 41.4 Å². The van der Waals surface area contributed by atoms with E-state index in [9.17, 15) is 13.2 Å². The number of halogens is 2. The Bertz CT molecular complexity index is 833. The summed E-state index contributed by atoms with van der Waals surface area (Å²) >= 11 is 12.0. The van der Waals surface area contributed by atoms with Crippen molar-refractivity contribution in [2.75, 3.05) is 11.3 Å². The monoisotopic (exact) mass is 387 g/mol. The van der Waals surface area contributed by atoms with Gasteiger partial charge in [0.25, 0.3) is 0 Å². The van der Waals surface area contributed by atoms with Crippen LogP contribution >= 0.6 is 23.2 Å². The number of benzene rings is 2. The Labute approximate surface area is 150 Å². The van der Waals surface area contributed by atoms with Crippen LogP contribution in [0.3, 0.4) is 0 Å². The molecule has 0 aliphatic rings. The summed E-state index contributed by atoms with van der Waals surface area (Å²) in [7, 11) is -3.83. The number of hydrogen-bond acceptors (Lipinski definition) is 4. The summed E-state index contributed by atoms with van der Waals surface area (Å²) in [4.78, 5) is 11.9. The van der Waals surface area contributed by atoms with Crippen molar-refractivity contribution in [3.8, 4) is 0 Å². The fraction of sp³-hybridized carbons (Fsp3) is 0.188. The molecule has 0 atom stereocenters. The van der Waals surface area contributed by atoms with E-state index in [2.05, 4.69) is 4.72 Å². The van der Waals surface area contributed by atoms with E-state index in [-0.39, 0.29) is 27.9 Å². The standard InChI is InChI=1S/C16H15Cl2NO4S/c1-2-23-16(20)11-6-3-4-9-15(11)19-24(21,22)10-12-13(17)7-5-8-14(12)18/h3-9,19H,2,10H2,1H3. The molecule has 0 spiro atoms. The van der Waals surface area contributed by atoms with Crippen molar-refractivity contribution in [3.05, 3.63) is 63.6 Å². The second kappa shape index (κ2) is 7.88. The summed E-state index contributed by atoms with van der Waals surface area (Å²) in [5.74, 6) is -1.02.